The number of nitrogens with one attached hydrogen (secondary N) is 2. The van der Waals surface area contributed by atoms with Crippen molar-refractivity contribution in [1.29, 1.82) is 0 Å². The fourth-order valence-electron chi connectivity index (χ4n) is 1.63. The molecule has 3 nitrogen and oxygen atoms in total. The standard InChI is InChI=1S/C12H17N3/c1-7-5-10-11(6-8(7)2)15-12(14-10)9(3)13-4/h5-6,9,13H,1-4H3,(H,14,15). The maximum absolute atomic E-state index is 4.57. The fourth-order valence-corrected chi connectivity index (χ4v) is 1.63. The van der Waals surface area contributed by atoms with Crippen LogP contribution in [-0.4, -0.2) is 17.0 Å². The molecule has 15 heavy (non-hydrogen) atoms. The highest BCUT2D eigenvalue weighted by molar-refractivity contribution is 5.77. The molecule has 0 aliphatic carbocycles. The van der Waals surface area contributed by atoms with Crippen LogP contribution in [-0.2, 0) is 0 Å². The van der Waals surface area contributed by atoms with Gasteiger partial charge in [-0.3, -0.25) is 0 Å². The van der Waals surface area contributed by atoms with Gasteiger partial charge in [0.2, 0.25) is 0 Å². The monoisotopic (exact) mass is 203 g/mol. The van der Waals surface area contributed by atoms with Gasteiger partial charge in [0.05, 0.1) is 17.1 Å². The Morgan fingerprint density at radius 2 is 1.93 bits per heavy atom. The molecule has 80 valence electrons. The Labute approximate surface area is 89.9 Å². The van der Waals surface area contributed by atoms with Gasteiger partial charge in [0, 0.05) is 0 Å². The minimum atomic E-state index is 0.262. The fraction of sp³-hybridized carbons (Fsp3) is 0.417. The second kappa shape index (κ2) is 3.66. The maximum atomic E-state index is 4.57. The van der Waals surface area contributed by atoms with E-state index in [1.165, 1.54) is 11.1 Å². The van der Waals surface area contributed by atoms with E-state index in [2.05, 4.69) is 48.2 Å². The molecule has 2 aromatic rings. The third kappa shape index (κ3) is 1.75. The van der Waals surface area contributed by atoms with Crippen LogP contribution < -0.4 is 5.32 Å². The van der Waals surface area contributed by atoms with E-state index in [9.17, 15) is 0 Å². The first-order valence-corrected chi connectivity index (χ1v) is 5.26. The molecule has 1 aromatic heterocycles. The van der Waals surface area contributed by atoms with Crippen molar-refractivity contribution in [3.8, 4) is 0 Å². The highest BCUT2D eigenvalue weighted by Gasteiger charge is 2.09. The summed E-state index contributed by atoms with van der Waals surface area (Å²) < 4.78 is 0. The number of rotatable bonds is 2. The van der Waals surface area contributed by atoms with E-state index >= 15 is 0 Å². The molecule has 1 aromatic carbocycles. The molecule has 0 saturated carbocycles. The number of aromatic amines is 1. The summed E-state index contributed by atoms with van der Waals surface area (Å²) in [5.74, 6) is 0.998. The van der Waals surface area contributed by atoms with Crippen molar-refractivity contribution >= 4 is 11.0 Å². The molecule has 1 heterocycles. The number of benzene rings is 1. The lowest BCUT2D eigenvalue weighted by Crippen LogP contribution is -2.13. The lowest BCUT2D eigenvalue weighted by molar-refractivity contribution is 0.620. The number of hydrogen-bond acceptors (Lipinski definition) is 2. The van der Waals surface area contributed by atoms with Gasteiger partial charge in [0.25, 0.3) is 0 Å². The zero-order chi connectivity index (χ0) is 11.0. The SMILES string of the molecule is CNC(C)c1nc2cc(C)c(C)cc2[nH]1. The van der Waals surface area contributed by atoms with Gasteiger partial charge in [0.1, 0.15) is 5.82 Å². The van der Waals surface area contributed by atoms with Crippen LogP contribution in [0.2, 0.25) is 0 Å². The number of H-pyrrole nitrogens is 1. The predicted molar refractivity (Wildman–Crippen MR) is 63.0 cm³/mol. The van der Waals surface area contributed by atoms with Gasteiger partial charge in [-0.15, -0.1) is 0 Å². The average molecular weight is 203 g/mol. The molecule has 3 heteroatoms. The summed E-state index contributed by atoms with van der Waals surface area (Å²) in [4.78, 5) is 7.91. The van der Waals surface area contributed by atoms with E-state index in [1.54, 1.807) is 0 Å². The van der Waals surface area contributed by atoms with Crippen molar-refractivity contribution < 1.29 is 0 Å². The van der Waals surface area contributed by atoms with E-state index in [0.29, 0.717) is 0 Å². The Bertz CT molecular complexity index is 446. The van der Waals surface area contributed by atoms with Crippen LogP contribution in [0.1, 0.15) is 29.9 Å². The average Bonchev–Trinajstić information content (AvgIpc) is 2.60. The van der Waals surface area contributed by atoms with Gasteiger partial charge in [0.15, 0.2) is 0 Å². The first kappa shape index (κ1) is 10.2. The molecule has 0 fully saturated rings. The Morgan fingerprint density at radius 3 is 2.60 bits per heavy atom. The van der Waals surface area contributed by atoms with Crippen LogP contribution in [0.15, 0.2) is 12.1 Å². The smallest absolute Gasteiger partial charge is 0.124 e. The Hall–Kier alpha value is -1.35. The molecule has 0 aliphatic rings. The molecule has 0 bridgehead atoms. The summed E-state index contributed by atoms with van der Waals surface area (Å²) in [5, 5.41) is 3.18. The highest BCUT2D eigenvalue weighted by atomic mass is 15.0. The first-order valence-electron chi connectivity index (χ1n) is 5.26. The molecule has 0 radical (unpaired) electrons. The molecule has 0 aliphatic heterocycles. The van der Waals surface area contributed by atoms with Crippen molar-refractivity contribution in [3.05, 3.63) is 29.1 Å². The molecular weight excluding hydrogens is 186 g/mol. The van der Waals surface area contributed by atoms with Crippen LogP contribution in [0, 0.1) is 13.8 Å². The van der Waals surface area contributed by atoms with E-state index in [-0.39, 0.29) is 6.04 Å². The van der Waals surface area contributed by atoms with Crippen LogP contribution in [0.4, 0.5) is 0 Å². The summed E-state index contributed by atoms with van der Waals surface area (Å²) in [6.07, 6.45) is 0. The summed E-state index contributed by atoms with van der Waals surface area (Å²) in [6, 6.07) is 4.55. The summed E-state index contributed by atoms with van der Waals surface area (Å²) in [7, 11) is 1.94. The van der Waals surface area contributed by atoms with Crippen molar-refractivity contribution in [2.75, 3.05) is 7.05 Å². The third-order valence-corrected chi connectivity index (χ3v) is 2.96. The van der Waals surface area contributed by atoms with Gasteiger partial charge >= 0.3 is 0 Å². The van der Waals surface area contributed by atoms with Crippen LogP contribution in [0.25, 0.3) is 11.0 Å². The van der Waals surface area contributed by atoms with Crippen LogP contribution >= 0.6 is 0 Å². The zero-order valence-electron chi connectivity index (χ0n) is 9.68. The number of hydrogen-bond donors (Lipinski definition) is 2. The second-order valence-corrected chi connectivity index (χ2v) is 4.09. The van der Waals surface area contributed by atoms with E-state index in [1.807, 2.05) is 7.05 Å². The predicted octanol–water partition coefficient (Wildman–Crippen LogP) is 2.46. The number of aromatic nitrogens is 2. The highest BCUT2D eigenvalue weighted by Crippen LogP contribution is 2.19. The molecule has 1 atom stereocenters. The Kier molecular flexibility index (Phi) is 2.49. The van der Waals surface area contributed by atoms with E-state index < -0.39 is 0 Å². The largest absolute Gasteiger partial charge is 0.341 e. The minimum Gasteiger partial charge on any atom is -0.341 e. The van der Waals surface area contributed by atoms with Crippen LogP contribution in [0.5, 0.6) is 0 Å². The number of aryl methyl sites for hydroxylation is 2. The summed E-state index contributed by atoms with van der Waals surface area (Å²) in [6.45, 7) is 6.33. The summed E-state index contributed by atoms with van der Waals surface area (Å²) in [5.41, 5.74) is 4.76. The normalized spacial score (nSPS) is 13.3. The van der Waals surface area contributed by atoms with Gasteiger partial charge < -0.3 is 10.3 Å². The maximum Gasteiger partial charge on any atom is 0.124 e. The quantitative estimate of drug-likeness (QED) is 0.787. The number of fused-ring (bicyclic) bond motifs is 1. The molecule has 2 rings (SSSR count). The molecule has 1 unspecified atom stereocenters. The van der Waals surface area contributed by atoms with E-state index in [4.69, 9.17) is 0 Å². The van der Waals surface area contributed by atoms with Gasteiger partial charge in [-0.2, -0.15) is 0 Å². The van der Waals surface area contributed by atoms with Crippen molar-refractivity contribution in [1.82, 2.24) is 15.3 Å². The topological polar surface area (TPSA) is 40.7 Å². The Morgan fingerprint density at radius 1 is 1.27 bits per heavy atom. The second-order valence-electron chi connectivity index (χ2n) is 4.09. The van der Waals surface area contributed by atoms with Crippen molar-refractivity contribution in [2.45, 2.75) is 26.8 Å². The number of nitrogens with zero attached hydrogens (tertiary/aromatic N) is 1. The van der Waals surface area contributed by atoms with E-state index in [0.717, 1.165) is 16.9 Å². The zero-order valence-corrected chi connectivity index (χ0v) is 9.68. The van der Waals surface area contributed by atoms with Gasteiger partial charge in [-0.1, -0.05) is 0 Å². The molecule has 0 amide bonds. The molecular formula is C12H17N3. The van der Waals surface area contributed by atoms with Crippen molar-refractivity contribution in [3.63, 3.8) is 0 Å². The molecule has 0 saturated heterocycles. The first-order chi connectivity index (χ1) is 7.11. The lowest BCUT2D eigenvalue weighted by atomic mass is 10.1. The third-order valence-electron chi connectivity index (χ3n) is 2.96. The van der Waals surface area contributed by atoms with Crippen molar-refractivity contribution in [2.24, 2.45) is 0 Å². The van der Waals surface area contributed by atoms with Crippen LogP contribution in [0.3, 0.4) is 0 Å². The number of imidazole rings is 1. The lowest BCUT2D eigenvalue weighted by Gasteiger charge is -2.04. The van der Waals surface area contributed by atoms with Gasteiger partial charge in [-0.25, -0.2) is 4.98 Å². The molecule has 2 N–H and O–H groups in total. The Balaban J connectivity index is 2.56. The molecule has 0 spiro atoms. The van der Waals surface area contributed by atoms with Gasteiger partial charge in [-0.05, 0) is 51.1 Å². The minimum absolute atomic E-state index is 0.262. The summed E-state index contributed by atoms with van der Waals surface area (Å²) >= 11 is 0.